The van der Waals surface area contributed by atoms with Gasteiger partial charge in [0.25, 0.3) is 0 Å². The van der Waals surface area contributed by atoms with Crippen LogP contribution in [0.15, 0.2) is 108 Å². The van der Waals surface area contributed by atoms with Crippen LogP contribution >= 0.6 is 0 Å². The highest BCUT2D eigenvalue weighted by molar-refractivity contribution is 6.35. The van der Waals surface area contributed by atoms with Crippen molar-refractivity contribution in [2.45, 2.75) is 5.41 Å². The van der Waals surface area contributed by atoms with Crippen LogP contribution in [-0.4, -0.2) is 7.85 Å². The van der Waals surface area contributed by atoms with Crippen molar-refractivity contribution in [2.24, 2.45) is 0 Å². The largest absolute Gasteiger partial charge is 0.456 e. The second-order valence-corrected chi connectivity index (χ2v) is 9.07. The molecule has 2 aliphatic rings. The fourth-order valence-electron chi connectivity index (χ4n) is 6.53. The summed E-state index contributed by atoms with van der Waals surface area (Å²) < 4.78 is 6.28. The summed E-state index contributed by atoms with van der Waals surface area (Å²) in [5.74, 6) is 0. The monoisotopic (exact) mass is 416 g/mol. The van der Waals surface area contributed by atoms with E-state index in [2.05, 4.69) is 91.0 Å². The van der Waals surface area contributed by atoms with Gasteiger partial charge in [0.1, 0.15) is 19.0 Å². The lowest BCUT2D eigenvalue weighted by molar-refractivity contribution is 0.668. The molecule has 1 heterocycles. The van der Waals surface area contributed by atoms with E-state index in [1.165, 1.54) is 49.9 Å². The molecular formula is C31H17BO. The summed E-state index contributed by atoms with van der Waals surface area (Å²) >= 11 is 0. The van der Waals surface area contributed by atoms with Gasteiger partial charge in [-0.1, -0.05) is 96.5 Å². The van der Waals surface area contributed by atoms with Gasteiger partial charge in [-0.05, 0) is 56.6 Å². The highest BCUT2D eigenvalue weighted by Crippen LogP contribution is 2.63. The summed E-state index contributed by atoms with van der Waals surface area (Å²) in [6.07, 6.45) is 0. The average molecular weight is 416 g/mol. The minimum Gasteiger partial charge on any atom is -0.456 e. The van der Waals surface area contributed by atoms with Crippen LogP contribution in [0.1, 0.15) is 22.3 Å². The zero-order chi connectivity index (χ0) is 21.7. The smallest absolute Gasteiger partial charge is 0.136 e. The van der Waals surface area contributed by atoms with E-state index in [-0.39, 0.29) is 0 Å². The lowest BCUT2D eigenvalue weighted by Gasteiger charge is -2.31. The Balaban J connectivity index is 1.66. The molecule has 6 aromatic rings. The summed E-state index contributed by atoms with van der Waals surface area (Å²) in [7, 11) is 6.78. The molecular weight excluding hydrogens is 399 g/mol. The van der Waals surface area contributed by atoms with Gasteiger partial charge in [-0.3, -0.25) is 0 Å². The van der Waals surface area contributed by atoms with Gasteiger partial charge in [0.15, 0.2) is 0 Å². The van der Waals surface area contributed by atoms with Crippen molar-refractivity contribution in [2.75, 3.05) is 0 Å². The molecule has 0 bridgehead atoms. The van der Waals surface area contributed by atoms with E-state index in [0.29, 0.717) is 0 Å². The number of hydrogen-bond donors (Lipinski definition) is 0. The Morgan fingerprint density at radius 1 is 0.545 bits per heavy atom. The predicted molar refractivity (Wildman–Crippen MR) is 135 cm³/mol. The van der Waals surface area contributed by atoms with Crippen molar-refractivity contribution in [3.05, 3.63) is 125 Å². The van der Waals surface area contributed by atoms with E-state index >= 15 is 0 Å². The predicted octanol–water partition coefficient (Wildman–Crippen LogP) is 6.72. The van der Waals surface area contributed by atoms with Crippen molar-refractivity contribution >= 4 is 35.2 Å². The summed E-state index contributed by atoms with van der Waals surface area (Å²) in [6.45, 7) is 0. The zero-order valence-corrected chi connectivity index (χ0v) is 17.8. The Bertz CT molecular complexity index is 1790. The first-order valence-electron chi connectivity index (χ1n) is 11.3. The molecule has 8 rings (SSSR count). The molecule has 1 spiro atoms. The topological polar surface area (TPSA) is 13.1 Å². The second-order valence-electron chi connectivity index (χ2n) is 9.07. The van der Waals surface area contributed by atoms with Crippen LogP contribution in [0.25, 0.3) is 44.2 Å². The summed E-state index contributed by atoms with van der Waals surface area (Å²) in [5, 5.41) is 2.34. The molecule has 0 saturated heterocycles. The lowest BCUT2D eigenvalue weighted by atomic mass is 9.67. The molecule has 5 aromatic carbocycles. The molecule has 1 unspecified atom stereocenters. The minimum atomic E-state index is -0.435. The van der Waals surface area contributed by atoms with Crippen LogP contribution in [-0.2, 0) is 5.41 Å². The zero-order valence-electron chi connectivity index (χ0n) is 17.8. The highest BCUT2D eigenvalue weighted by atomic mass is 16.3. The number of rotatable bonds is 0. The maximum atomic E-state index is 6.78. The number of para-hydroxylation sites is 1. The third-order valence-electron chi connectivity index (χ3n) is 7.64. The van der Waals surface area contributed by atoms with Crippen molar-refractivity contribution in [3.8, 4) is 22.3 Å². The lowest BCUT2D eigenvalue weighted by Crippen LogP contribution is -2.31. The second kappa shape index (κ2) is 5.85. The number of fused-ring (bicyclic) bond motifs is 14. The fraction of sp³-hybridized carbons (Fsp3) is 0.0323. The van der Waals surface area contributed by atoms with Crippen LogP contribution in [0.3, 0.4) is 0 Å². The van der Waals surface area contributed by atoms with Gasteiger partial charge in [0.05, 0.1) is 5.41 Å². The van der Waals surface area contributed by atoms with Gasteiger partial charge in [-0.15, -0.1) is 0 Å². The fourth-order valence-corrected chi connectivity index (χ4v) is 6.53. The van der Waals surface area contributed by atoms with Gasteiger partial charge < -0.3 is 4.42 Å². The third-order valence-corrected chi connectivity index (χ3v) is 7.64. The van der Waals surface area contributed by atoms with Crippen molar-refractivity contribution in [3.63, 3.8) is 0 Å². The van der Waals surface area contributed by atoms with Crippen LogP contribution in [0.4, 0.5) is 0 Å². The molecule has 2 heteroatoms. The van der Waals surface area contributed by atoms with Crippen LogP contribution in [0.2, 0.25) is 0 Å². The maximum absolute atomic E-state index is 6.78. The van der Waals surface area contributed by atoms with E-state index in [1.807, 2.05) is 12.1 Å². The van der Waals surface area contributed by atoms with Crippen molar-refractivity contribution in [1.29, 1.82) is 0 Å². The first-order chi connectivity index (χ1) is 16.3. The van der Waals surface area contributed by atoms with E-state index in [4.69, 9.17) is 12.3 Å². The third kappa shape index (κ3) is 1.89. The molecule has 150 valence electrons. The molecule has 33 heavy (non-hydrogen) atoms. The molecule has 0 aliphatic heterocycles. The number of furan rings is 1. The van der Waals surface area contributed by atoms with E-state index in [9.17, 15) is 0 Å². The maximum Gasteiger partial charge on any atom is 0.136 e. The number of hydrogen-bond acceptors (Lipinski definition) is 1. The van der Waals surface area contributed by atoms with Crippen LogP contribution < -0.4 is 5.46 Å². The normalized spacial score (nSPS) is 17.3. The van der Waals surface area contributed by atoms with Gasteiger partial charge in [0.2, 0.25) is 0 Å². The molecule has 0 fully saturated rings. The van der Waals surface area contributed by atoms with Gasteiger partial charge in [-0.25, -0.2) is 0 Å². The Labute approximate surface area is 192 Å². The molecule has 2 aliphatic carbocycles. The van der Waals surface area contributed by atoms with Crippen molar-refractivity contribution < 1.29 is 4.42 Å². The molecule has 0 saturated carbocycles. The first kappa shape index (κ1) is 17.5. The summed E-state index contributed by atoms with van der Waals surface area (Å²) in [5.41, 5.74) is 12.3. The molecule has 1 nitrogen and oxygen atoms in total. The van der Waals surface area contributed by atoms with Gasteiger partial charge in [-0.2, -0.15) is 0 Å². The van der Waals surface area contributed by atoms with E-state index in [0.717, 1.165) is 22.0 Å². The Morgan fingerprint density at radius 3 is 2.12 bits per heavy atom. The quantitative estimate of drug-likeness (QED) is 0.250. The van der Waals surface area contributed by atoms with Gasteiger partial charge in [0, 0.05) is 10.8 Å². The molecule has 2 radical (unpaired) electrons. The SMILES string of the molecule is [B]c1cccc2c1C1(c3ccccc3-2)c2ccccc2-c2c1ccc1oc3ccccc3c21. The molecule has 0 N–H and O–H groups in total. The molecule has 1 atom stereocenters. The van der Waals surface area contributed by atoms with Gasteiger partial charge >= 0.3 is 0 Å². The Kier molecular flexibility index (Phi) is 3.10. The Morgan fingerprint density at radius 2 is 1.24 bits per heavy atom. The molecule has 0 amide bonds. The van der Waals surface area contributed by atoms with Crippen LogP contribution in [0, 0.1) is 0 Å². The van der Waals surface area contributed by atoms with Crippen LogP contribution in [0.5, 0.6) is 0 Å². The summed E-state index contributed by atoms with van der Waals surface area (Å²) in [4.78, 5) is 0. The Hall–Kier alpha value is -4.04. The first-order valence-corrected chi connectivity index (χ1v) is 11.3. The summed E-state index contributed by atoms with van der Waals surface area (Å²) in [6, 6.07) is 36.7. The van der Waals surface area contributed by atoms with Crippen molar-refractivity contribution in [1.82, 2.24) is 0 Å². The minimum absolute atomic E-state index is 0.435. The average Bonchev–Trinajstić information content (AvgIpc) is 3.48. The standard InChI is InChI=1S/C31H17BO/c32-25-14-7-11-19-18-8-1-4-12-22(18)31(30(19)25)23-13-5-2-9-20(23)28-24(31)16-17-27-29(28)21-10-3-6-15-26(21)33-27/h1-17H. The molecule has 1 aromatic heterocycles. The van der Waals surface area contributed by atoms with E-state index in [1.54, 1.807) is 0 Å². The highest BCUT2D eigenvalue weighted by Gasteiger charge is 2.52. The van der Waals surface area contributed by atoms with E-state index < -0.39 is 5.41 Å². The number of benzene rings is 5.